The summed E-state index contributed by atoms with van der Waals surface area (Å²) < 4.78 is 0. The Morgan fingerprint density at radius 2 is 1.00 bits per heavy atom. The minimum absolute atomic E-state index is 0.523. The molecule has 4 heteroatoms. The van der Waals surface area contributed by atoms with E-state index in [-0.39, 0.29) is 0 Å². The molecule has 0 bridgehead atoms. The fraction of sp³-hybridized carbons (Fsp3) is 1.00. The van der Waals surface area contributed by atoms with Gasteiger partial charge in [-0.05, 0) is 0 Å². The Morgan fingerprint density at radius 1 is 0.688 bits per heavy atom. The predicted octanol–water partition coefficient (Wildman–Crippen LogP) is 5.79. The van der Waals surface area contributed by atoms with Crippen molar-refractivity contribution >= 4 is 38.7 Å². The Labute approximate surface area is 130 Å². The molecule has 2 saturated carbocycles. The molecule has 0 unspecified atom stereocenters. The third-order valence-electron chi connectivity index (χ3n) is 3.57. The van der Waals surface area contributed by atoms with Crippen LogP contribution in [0.3, 0.4) is 0 Å². The molecule has 0 aliphatic heterocycles. The van der Waals surface area contributed by atoms with Gasteiger partial charge in [0, 0.05) is 0 Å². The van der Waals surface area contributed by atoms with Gasteiger partial charge in [-0.2, -0.15) is 0 Å². The summed E-state index contributed by atoms with van der Waals surface area (Å²) >= 11 is 5.30. The molecule has 2 rings (SSSR count). The molecule has 0 aromatic rings. The Kier molecular flexibility index (Phi) is 11.1. The van der Waals surface area contributed by atoms with Gasteiger partial charge in [0.15, 0.2) is 0 Å². The molecule has 0 heterocycles. The van der Waals surface area contributed by atoms with E-state index in [0.29, 0.717) is 11.2 Å². The van der Waals surface area contributed by atoms with Crippen molar-refractivity contribution in [1.29, 1.82) is 0 Å². The average molecular weight is 629 g/mol. The van der Waals surface area contributed by atoms with Gasteiger partial charge < -0.3 is 5.32 Å². The first kappa shape index (κ1) is 16.2. The standard InChI is InChI=1S/C12H22N.2HI.Pt/c1-3-7-11(8-4-1)13-12-9-5-2-6-10-12;;;/h11-12H,1-10H2;2*1H;/q-1;;;+2/p-2. The van der Waals surface area contributed by atoms with Crippen molar-refractivity contribution in [1.82, 2.24) is 0 Å². The number of hydrogen-bond donors (Lipinski definition) is 0. The monoisotopic (exact) mass is 629 g/mol. The van der Waals surface area contributed by atoms with E-state index >= 15 is 0 Å². The fourth-order valence-corrected chi connectivity index (χ4v) is 2.76. The normalized spacial score (nSPS) is 23.9. The number of hydrogen-bond acceptors (Lipinski definition) is 0. The predicted molar refractivity (Wildman–Crippen MR) is 85.1 cm³/mol. The first-order valence-electron chi connectivity index (χ1n) is 6.39. The molecule has 0 spiro atoms. The molecular formula is C12H22I2NPt-. The molecule has 0 amide bonds. The average Bonchev–Trinajstić information content (AvgIpc) is 2.33. The molecule has 0 N–H and O–H groups in total. The van der Waals surface area contributed by atoms with Crippen LogP contribution in [-0.2, 0) is 11.2 Å². The maximum absolute atomic E-state index is 5.00. The van der Waals surface area contributed by atoms with Crippen LogP contribution in [-0.4, -0.2) is 12.1 Å². The minimum atomic E-state index is 0.523. The van der Waals surface area contributed by atoms with Gasteiger partial charge in [-0.3, -0.25) is 0 Å². The molecule has 0 aromatic carbocycles. The quantitative estimate of drug-likeness (QED) is 0.344. The molecule has 16 heavy (non-hydrogen) atoms. The van der Waals surface area contributed by atoms with E-state index in [4.69, 9.17) is 5.32 Å². The topological polar surface area (TPSA) is 14.1 Å². The fourth-order valence-electron chi connectivity index (χ4n) is 2.76. The van der Waals surface area contributed by atoms with E-state index < -0.39 is 0 Å². The van der Waals surface area contributed by atoms with E-state index in [1.807, 2.05) is 0 Å². The van der Waals surface area contributed by atoms with Gasteiger partial charge in [0.2, 0.25) is 0 Å². The number of nitrogens with zero attached hydrogens (tertiary/aromatic N) is 1. The Balaban J connectivity index is 0.000000386. The van der Waals surface area contributed by atoms with Crippen LogP contribution in [0, 0.1) is 0 Å². The van der Waals surface area contributed by atoms with Crippen LogP contribution in [0.1, 0.15) is 64.2 Å². The third kappa shape index (κ3) is 7.52. The second-order valence-corrected chi connectivity index (χ2v) is 21.4. The molecule has 2 fully saturated rings. The van der Waals surface area contributed by atoms with Crippen molar-refractivity contribution in [2.24, 2.45) is 0 Å². The molecule has 2 aliphatic rings. The SMILES string of the molecule is C1CCC([N-]C2CCCCC2)CC1.[I][Pt][I]. The van der Waals surface area contributed by atoms with Crippen molar-refractivity contribution in [3.8, 4) is 0 Å². The van der Waals surface area contributed by atoms with E-state index in [2.05, 4.69) is 38.7 Å². The van der Waals surface area contributed by atoms with Crippen LogP contribution < -0.4 is 0 Å². The molecule has 2 aliphatic carbocycles. The summed E-state index contributed by atoms with van der Waals surface area (Å²) in [5.41, 5.74) is 0. The van der Waals surface area contributed by atoms with Crippen molar-refractivity contribution in [3.63, 3.8) is 0 Å². The third-order valence-corrected chi connectivity index (χ3v) is 3.57. The van der Waals surface area contributed by atoms with Crippen molar-refractivity contribution < 1.29 is 11.2 Å². The van der Waals surface area contributed by atoms with Gasteiger partial charge in [-0.15, -0.1) is 12.1 Å². The van der Waals surface area contributed by atoms with Crippen LogP contribution in [0.25, 0.3) is 5.32 Å². The van der Waals surface area contributed by atoms with Gasteiger partial charge in [-0.1, -0.05) is 64.2 Å². The van der Waals surface area contributed by atoms with Gasteiger partial charge in [0.25, 0.3) is 0 Å². The van der Waals surface area contributed by atoms with E-state index in [9.17, 15) is 0 Å². The van der Waals surface area contributed by atoms with Crippen LogP contribution in [0.4, 0.5) is 0 Å². The zero-order valence-corrected chi connectivity index (χ0v) is 16.3. The molecule has 1 nitrogen and oxygen atoms in total. The van der Waals surface area contributed by atoms with Gasteiger partial charge >= 0.3 is 49.9 Å². The van der Waals surface area contributed by atoms with Crippen LogP contribution in [0.15, 0.2) is 0 Å². The van der Waals surface area contributed by atoms with Gasteiger partial charge in [0.05, 0.1) is 0 Å². The summed E-state index contributed by atoms with van der Waals surface area (Å²) in [6, 6.07) is 1.49. The van der Waals surface area contributed by atoms with Crippen molar-refractivity contribution in [3.05, 3.63) is 5.32 Å². The summed E-state index contributed by atoms with van der Waals surface area (Å²) in [5.74, 6) is 0. The summed E-state index contributed by atoms with van der Waals surface area (Å²) in [7, 11) is 0. The summed E-state index contributed by atoms with van der Waals surface area (Å²) in [6.07, 6.45) is 14.2. The zero-order valence-electron chi connectivity index (χ0n) is 9.75. The van der Waals surface area contributed by atoms with E-state index in [0.717, 1.165) is 12.1 Å². The van der Waals surface area contributed by atoms with Crippen LogP contribution in [0.5, 0.6) is 0 Å². The van der Waals surface area contributed by atoms with E-state index in [1.165, 1.54) is 64.2 Å². The van der Waals surface area contributed by atoms with E-state index in [1.54, 1.807) is 0 Å². The summed E-state index contributed by atoms with van der Waals surface area (Å²) in [6.45, 7) is 0. The molecular weight excluding hydrogens is 607 g/mol. The maximum atomic E-state index is 5.00. The summed E-state index contributed by atoms with van der Waals surface area (Å²) in [5, 5.41) is 5.00. The van der Waals surface area contributed by atoms with Crippen molar-refractivity contribution in [2.45, 2.75) is 76.3 Å². The zero-order chi connectivity index (χ0) is 11.6. The summed E-state index contributed by atoms with van der Waals surface area (Å²) in [4.78, 5) is 0. The second kappa shape index (κ2) is 11.0. The number of rotatable bonds is 2. The second-order valence-electron chi connectivity index (χ2n) is 4.78. The van der Waals surface area contributed by atoms with Crippen molar-refractivity contribution in [2.75, 3.05) is 0 Å². The molecule has 0 saturated heterocycles. The molecule has 100 valence electrons. The Morgan fingerprint density at radius 3 is 1.31 bits per heavy atom. The van der Waals surface area contributed by atoms with Gasteiger partial charge in [-0.25, -0.2) is 0 Å². The molecule has 0 atom stereocenters. The molecule has 0 aromatic heterocycles. The first-order valence-corrected chi connectivity index (χ1v) is 19.3. The molecule has 0 radical (unpaired) electrons. The van der Waals surface area contributed by atoms with Crippen LogP contribution in [0.2, 0.25) is 0 Å². The van der Waals surface area contributed by atoms with Gasteiger partial charge in [0.1, 0.15) is 0 Å². The Hall–Kier alpha value is 2.11. The first-order chi connectivity index (χ1) is 7.86. The van der Waals surface area contributed by atoms with Crippen LogP contribution >= 0.6 is 38.7 Å². The Bertz CT molecular complexity index is 141. The number of halogens is 2.